The predicted molar refractivity (Wildman–Crippen MR) is 73.9 cm³/mol. The molecule has 1 saturated heterocycles. The van der Waals surface area contributed by atoms with E-state index in [1.54, 1.807) is 0 Å². The van der Waals surface area contributed by atoms with E-state index < -0.39 is 0 Å². The molecule has 2 rings (SSSR count). The zero-order valence-corrected chi connectivity index (χ0v) is 11.8. The molecule has 2 heterocycles. The standard InChI is InChI=1S/C13H23N5O/c1-12-9-15-18(10-12)8-7-16(2)11-13(19)17-5-3-14-4-6-17/h9-10,14H,3-8,11H2,1-2H3. The van der Waals surface area contributed by atoms with Crippen LogP contribution in [0.5, 0.6) is 0 Å². The number of nitrogens with one attached hydrogen (secondary N) is 1. The fraction of sp³-hybridized carbons (Fsp3) is 0.692. The van der Waals surface area contributed by atoms with Crippen LogP contribution >= 0.6 is 0 Å². The Morgan fingerprint density at radius 1 is 1.47 bits per heavy atom. The maximum atomic E-state index is 12.1. The Morgan fingerprint density at radius 2 is 2.21 bits per heavy atom. The molecule has 0 unspecified atom stereocenters. The summed E-state index contributed by atoms with van der Waals surface area (Å²) in [5, 5.41) is 7.50. The number of aryl methyl sites for hydroxylation is 1. The van der Waals surface area contributed by atoms with Gasteiger partial charge in [-0.15, -0.1) is 0 Å². The number of likely N-dealkylation sites (N-methyl/N-ethyl adjacent to an activating group) is 1. The van der Waals surface area contributed by atoms with Crippen LogP contribution in [0.2, 0.25) is 0 Å². The van der Waals surface area contributed by atoms with Crippen LogP contribution in [0.25, 0.3) is 0 Å². The van der Waals surface area contributed by atoms with Crippen molar-refractivity contribution in [1.29, 1.82) is 0 Å². The van der Waals surface area contributed by atoms with Crippen molar-refractivity contribution < 1.29 is 4.79 Å². The van der Waals surface area contributed by atoms with Crippen LogP contribution in [0.1, 0.15) is 5.56 Å². The van der Waals surface area contributed by atoms with Crippen molar-refractivity contribution >= 4 is 5.91 Å². The first-order valence-corrected chi connectivity index (χ1v) is 6.81. The number of amides is 1. The normalized spacial score (nSPS) is 16.1. The average molecular weight is 265 g/mol. The van der Waals surface area contributed by atoms with Gasteiger partial charge in [-0.25, -0.2) is 0 Å². The Hall–Kier alpha value is -1.40. The topological polar surface area (TPSA) is 53.4 Å². The highest BCUT2D eigenvalue weighted by atomic mass is 16.2. The Balaban J connectivity index is 1.71. The van der Waals surface area contributed by atoms with E-state index in [1.165, 1.54) is 5.56 Å². The highest BCUT2D eigenvalue weighted by molar-refractivity contribution is 5.78. The highest BCUT2D eigenvalue weighted by Gasteiger charge is 2.17. The van der Waals surface area contributed by atoms with Crippen molar-refractivity contribution in [2.45, 2.75) is 13.5 Å². The quantitative estimate of drug-likeness (QED) is 0.784. The van der Waals surface area contributed by atoms with Crippen LogP contribution < -0.4 is 5.32 Å². The first kappa shape index (κ1) is 14.0. The molecular formula is C13H23N5O. The van der Waals surface area contributed by atoms with E-state index in [0.29, 0.717) is 6.54 Å². The minimum atomic E-state index is 0.223. The van der Waals surface area contributed by atoms with Gasteiger partial charge in [0.15, 0.2) is 0 Å². The molecule has 1 aromatic rings. The van der Waals surface area contributed by atoms with Gasteiger partial charge in [-0.3, -0.25) is 14.4 Å². The molecule has 0 radical (unpaired) electrons. The van der Waals surface area contributed by atoms with Gasteiger partial charge in [0.05, 0.1) is 19.3 Å². The molecule has 0 atom stereocenters. The van der Waals surface area contributed by atoms with E-state index >= 15 is 0 Å². The molecule has 19 heavy (non-hydrogen) atoms. The van der Waals surface area contributed by atoms with Gasteiger partial charge in [-0.1, -0.05) is 0 Å². The predicted octanol–water partition coefficient (Wildman–Crippen LogP) is -0.445. The minimum absolute atomic E-state index is 0.223. The van der Waals surface area contributed by atoms with Crippen LogP contribution in [0.15, 0.2) is 12.4 Å². The fourth-order valence-corrected chi connectivity index (χ4v) is 2.19. The van der Waals surface area contributed by atoms with Crippen molar-refractivity contribution in [3.05, 3.63) is 18.0 Å². The summed E-state index contributed by atoms with van der Waals surface area (Å²) in [6, 6.07) is 0. The monoisotopic (exact) mass is 265 g/mol. The highest BCUT2D eigenvalue weighted by Crippen LogP contribution is 1.97. The largest absolute Gasteiger partial charge is 0.339 e. The number of hydrogen-bond acceptors (Lipinski definition) is 4. The number of rotatable bonds is 5. The molecule has 1 aliphatic heterocycles. The third-order valence-electron chi connectivity index (χ3n) is 3.35. The number of nitrogens with zero attached hydrogens (tertiary/aromatic N) is 4. The molecule has 1 aliphatic rings. The SMILES string of the molecule is Cc1cnn(CCN(C)CC(=O)N2CCNCC2)c1. The molecule has 106 valence electrons. The number of aromatic nitrogens is 2. The van der Waals surface area contributed by atoms with Crippen LogP contribution in [0.4, 0.5) is 0 Å². The molecule has 0 saturated carbocycles. The number of hydrogen-bond donors (Lipinski definition) is 1. The second kappa shape index (κ2) is 6.68. The summed E-state index contributed by atoms with van der Waals surface area (Å²) < 4.78 is 1.92. The maximum Gasteiger partial charge on any atom is 0.236 e. The lowest BCUT2D eigenvalue weighted by Gasteiger charge is -2.29. The van der Waals surface area contributed by atoms with Crippen molar-refractivity contribution in [3.8, 4) is 0 Å². The second-order valence-electron chi connectivity index (χ2n) is 5.15. The second-order valence-corrected chi connectivity index (χ2v) is 5.15. The summed E-state index contributed by atoms with van der Waals surface area (Å²) in [6.07, 6.45) is 3.87. The van der Waals surface area contributed by atoms with Crippen molar-refractivity contribution in [2.24, 2.45) is 0 Å². The molecule has 0 aliphatic carbocycles. The zero-order valence-electron chi connectivity index (χ0n) is 11.8. The molecule has 0 aromatic carbocycles. The van der Waals surface area contributed by atoms with E-state index in [4.69, 9.17) is 0 Å². The average Bonchev–Trinajstić information content (AvgIpc) is 2.83. The Labute approximate surface area is 114 Å². The lowest BCUT2D eigenvalue weighted by atomic mass is 10.3. The van der Waals surface area contributed by atoms with Gasteiger partial charge in [0, 0.05) is 38.9 Å². The number of carbonyl (C=O) groups excluding carboxylic acids is 1. The van der Waals surface area contributed by atoms with Crippen molar-refractivity contribution in [3.63, 3.8) is 0 Å². The van der Waals surface area contributed by atoms with Gasteiger partial charge in [-0.2, -0.15) is 5.10 Å². The first-order valence-electron chi connectivity index (χ1n) is 6.81. The van der Waals surface area contributed by atoms with Gasteiger partial charge < -0.3 is 10.2 Å². The summed E-state index contributed by atoms with van der Waals surface area (Å²) in [6.45, 7) is 7.62. The molecule has 6 nitrogen and oxygen atoms in total. The Kier molecular flexibility index (Phi) is 4.93. The third-order valence-corrected chi connectivity index (χ3v) is 3.35. The van der Waals surface area contributed by atoms with Crippen molar-refractivity contribution in [1.82, 2.24) is 24.9 Å². The summed E-state index contributed by atoms with van der Waals surface area (Å²) in [7, 11) is 1.98. The van der Waals surface area contributed by atoms with E-state index in [-0.39, 0.29) is 5.91 Å². The molecule has 0 bridgehead atoms. The van der Waals surface area contributed by atoms with Gasteiger partial charge in [0.2, 0.25) is 5.91 Å². The smallest absolute Gasteiger partial charge is 0.236 e. The van der Waals surface area contributed by atoms with E-state index in [2.05, 4.69) is 15.3 Å². The van der Waals surface area contributed by atoms with Crippen LogP contribution in [0, 0.1) is 6.92 Å². The summed E-state index contributed by atoms with van der Waals surface area (Å²) >= 11 is 0. The molecule has 1 N–H and O–H groups in total. The minimum Gasteiger partial charge on any atom is -0.339 e. The van der Waals surface area contributed by atoms with Crippen LogP contribution in [0.3, 0.4) is 0 Å². The van der Waals surface area contributed by atoms with Gasteiger partial charge in [0.1, 0.15) is 0 Å². The van der Waals surface area contributed by atoms with E-state index in [0.717, 1.165) is 39.3 Å². The molecule has 0 spiro atoms. The summed E-state index contributed by atoms with van der Waals surface area (Å²) in [4.78, 5) is 16.1. The Bertz CT molecular complexity index is 411. The Morgan fingerprint density at radius 3 is 2.84 bits per heavy atom. The lowest BCUT2D eigenvalue weighted by molar-refractivity contribution is -0.132. The maximum absolute atomic E-state index is 12.1. The van der Waals surface area contributed by atoms with Crippen LogP contribution in [-0.2, 0) is 11.3 Å². The van der Waals surface area contributed by atoms with Crippen molar-refractivity contribution in [2.75, 3.05) is 46.3 Å². The fourth-order valence-electron chi connectivity index (χ4n) is 2.19. The number of carbonyl (C=O) groups is 1. The molecule has 1 aromatic heterocycles. The van der Waals surface area contributed by atoms with Gasteiger partial charge >= 0.3 is 0 Å². The van der Waals surface area contributed by atoms with Crippen LogP contribution in [-0.4, -0.2) is 71.8 Å². The third kappa shape index (κ3) is 4.33. The molecule has 6 heteroatoms. The first-order chi connectivity index (χ1) is 9.15. The van der Waals surface area contributed by atoms with E-state index in [9.17, 15) is 4.79 Å². The van der Waals surface area contributed by atoms with Gasteiger partial charge in [-0.05, 0) is 19.5 Å². The molecule has 1 fully saturated rings. The molecular weight excluding hydrogens is 242 g/mol. The molecule has 1 amide bonds. The lowest BCUT2D eigenvalue weighted by Crippen LogP contribution is -2.49. The zero-order chi connectivity index (χ0) is 13.7. The van der Waals surface area contributed by atoms with Gasteiger partial charge in [0.25, 0.3) is 0 Å². The summed E-state index contributed by atoms with van der Waals surface area (Å²) in [5.74, 6) is 0.223. The van der Waals surface area contributed by atoms with E-state index in [1.807, 2.05) is 35.9 Å². The summed E-state index contributed by atoms with van der Waals surface area (Å²) in [5.41, 5.74) is 1.17. The number of piperazine rings is 1.